The van der Waals surface area contributed by atoms with Gasteiger partial charge in [-0.15, -0.1) is 11.3 Å². The van der Waals surface area contributed by atoms with E-state index >= 15 is 0 Å². The van der Waals surface area contributed by atoms with Gasteiger partial charge in [0.1, 0.15) is 6.04 Å². The summed E-state index contributed by atoms with van der Waals surface area (Å²) >= 11 is 1.78. The van der Waals surface area contributed by atoms with Crippen LogP contribution in [0.4, 0.5) is 0 Å². The first-order chi connectivity index (χ1) is 11.2. The largest absolute Gasteiger partial charge is 0.319 e. The zero-order valence-electron chi connectivity index (χ0n) is 13.1. The minimum absolute atomic E-state index is 0.0364. The van der Waals surface area contributed by atoms with Gasteiger partial charge < -0.3 is 4.57 Å². The fraction of sp³-hybridized carbons (Fsp3) is 0.500. The van der Waals surface area contributed by atoms with E-state index in [-0.39, 0.29) is 11.9 Å². The van der Waals surface area contributed by atoms with Crippen LogP contribution < -0.4 is 0 Å². The molecule has 2 aromatic heterocycles. The van der Waals surface area contributed by atoms with E-state index in [1.165, 1.54) is 15.5 Å². The number of fused-ring (bicyclic) bond motifs is 1. The first kappa shape index (κ1) is 14.9. The molecule has 4 heterocycles. The molecule has 0 unspecified atom stereocenters. The fourth-order valence-corrected chi connectivity index (χ4v) is 4.18. The van der Waals surface area contributed by atoms with Crippen molar-refractivity contribution in [3.8, 4) is 0 Å². The van der Waals surface area contributed by atoms with E-state index in [1.807, 2.05) is 10.8 Å². The van der Waals surface area contributed by atoms with Gasteiger partial charge in [-0.1, -0.05) is 0 Å². The summed E-state index contributed by atoms with van der Waals surface area (Å²) < 4.78 is 2.00. The molecule has 0 aliphatic carbocycles. The summed E-state index contributed by atoms with van der Waals surface area (Å²) in [5.74, 6) is 0.0364. The molecule has 2 aromatic rings. The van der Waals surface area contributed by atoms with Crippen molar-refractivity contribution in [3.05, 3.63) is 40.1 Å². The Morgan fingerprint density at radius 3 is 3.17 bits per heavy atom. The van der Waals surface area contributed by atoms with Gasteiger partial charge in [0.25, 0.3) is 5.91 Å². The minimum Gasteiger partial charge on any atom is -0.319 e. The zero-order chi connectivity index (χ0) is 15.8. The number of hydrogen-bond donors (Lipinski definition) is 0. The fourth-order valence-electron chi connectivity index (χ4n) is 3.24. The predicted octanol–water partition coefficient (Wildman–Crippen LogP) is 1.97. The number of amides is 1. The van der Waals surface area contributed by atoms with Crippen LogP contribution >= 0.6 is 11.3 Å². The Bertz CT molecular complexity index is 705. The second-order valence-electron chi connectivity index (χ2n) is 6.13. The van der Waals surface area contributed by atoms with Crippen molar-refractivity contribution in [3.63, 3.8) is 0 Å². The van der Waals surface area contributed by atoms with Gasteiger partial charge in [-0.25, -0.2) is 10.0 Å². The molecule has 1 atom stereocenters. The molecule has 2 aliphatic rings. The summed E-state index contributed by atoms with van der Waals surface area (Å²) in [5, 5.41) is 3.65. The molecule has 4 rings (SSSR count). The van der Waals surface area contributed by atoms with Gasteiger partial charge >= 0.3 is 0 Å². The summed E-state index contributed by atoms with van der Waals surface area (Å²) in [6.45, 7) is 5.85. The highest BCUT2D eigenvalue weighted by Gasteiger charge is 2.34. The first-order valence-corrected chi connectivity index (χ1v) is 8.80. The van der Waals surface area contributed by atoms with Crippen LogP contribution in [0, 0.1) is 6.92 Å². The van der Waals surface area contributed by atoms with Crippen LogP contribution in [0.2, 0.25) is 0 Å². The Kier molecular flexibility index (Phi) is 3.92. The van der Waals surface area contributed by atoms with Gasteiger partial charge in [0.05, 0.1) is 25.2 Å². The number of rotatable bonds is 3. The summed E-state index contributed by atoms with van der Waals surface area (Å²) in [6.07, 6.45) is 4.54. The number of carbonyl (C=O) groups excluding carboxylic acids is 1. The van der Waals surface area contributed by atoms with E-state index in [0.717, 1.165) is 25.2 Å². The Labute approximate surface area is 139 Å². The highest BCUT2D eigenvalue weighted by molar-refractivity contribution is 7.10. The lowest BCUT2D eigenvalue weighted by atomic mass is 10.1. The normalized spacial score (nSPS) is 21.6. The molecule has 0 spiro atoms. The molecule has 1 amide bonds. The SMILES string of the molecule is Cc1ccsc1CN1Cc2cncn2[C@H](C(=O)N2CCCO2)C1. The maximum absolute atomic E-state index is 12.8. The number of hydrogen-bond acceptors (Lipinski definition) is 5. The number of nitrogens with zero attached hydrogens (tertiary/aromatic N) is 4. The van der Waals surface area contributed by atoms with E-state index in [0.29, 0.717) is 19.7 Å². The van der Waals surface area contributed by atoms with Crippen molar-refractivity contribution >= 4 is 17.2 Å². The Morgan fingerprint density at radius 1 is 1.52 bits per heavy atom. The van der Waals surface area contributed by atoms with Crippen molar-refractivity contribution in [1.82, 2.24) is 19.5 Å². The van der Waals surface area contributed by atoms with Crippen LogP contribution in [0.1, 0.15) is 28.6 Å². The molecule has 6 nitrogen and oxygen atoms in total. The molecule has 7 heteroatoms. The molecule has 2 aliphatic heterocycles. The van der Waals surface area contributed by atoms with Crippen molar-refractivity contribution < 1.29 is 9.63 Å². The molecule has 1 fully saturated rings. The smallest absolute Gasteiger partial charge is 0.270 e. The Morgan fingerprint density at radius 2 is 2.43 bits per heavy atom. The number of aromatic nitrogens is 2. The highest BCUT2D eigenvalue weighted by atomic mass is 32.1. The van der Waals surface area contributed by atoms with Crippen LogP contribution in [0.25, 0.3) is 0 Å². The molecule has 0 bridgehead atoms. The van der Waals surface area contributed by atoms with Gasteiger partial charge in [0.2, 0.25) is 0 Å². The molecule has 0 N–H and O–H groups in total. The van der Waals surface area contributed by atoms with Crippen molar-refractivity contribution in [2.45, 2.75) is 32.5 Å². The molecule has 0 aromatic carbocycles. The average Bonchev–Trinajstić information content (AvgIpc) is 3.28. The lowest BCUT2D eigenvalue weighted by Crippen LogP contribution is -2.44. The number of aryl methyl sites for hydroxylation is 1. The third-order valence-corrected chi connectivity index (χ3v) is 5.53. The van der Waals surface area contributed by atoms with Crippen LogP contribution in [0.3, 0.4) is 0 Å². The third kappa shape index (κ3) is 2.80. The van der Waals surface area contributed by atoms with Gasteiger partial charge in [0.15, 0.2) is 0 Å². The number of carbonyl (C=O) groups is 1. The Hall–Kier alpha value is -1.70. The number of thiophene rings is 1. The lowest BCUT2D eigenvalue weighted by molar-refractivity contribution is -0.173. The summed E-state index contributed by atoms with van der Waals surface area (Å²) in [5.41, 5.74) is 2.41. The van der Waals surface area contributed by atoms with Gasteiger partial charge in [0, 0.05) is 30.7 Å². The maximum Gasteiger partial charge on any atom is 0.270 e. The molecule has 122 valence electrons. The van der Waals surface area contributed by atoms with Crippen molar-refractivity contribution in [2.75, 3.05) is 19.7 Å². The number of imidazole rings is 1. The van der Waals surface area contributed by atoms with E-state index in [9.17, 15) is 4.79 Å². The third-order valence-electron chi connectivity index (χ3n) is 4.52. The molecule has 1 saturated heterocycles. The zero-order valence-corrected chi connectivity index (χ0v) is 14.0. The molecule has 23 heavy (non-hydrogen) atoms. The summed E-state index contributed by atoms with van der Waals surface area (Å²) in [4.78, 5) is 26.2. The quantitative estimate of drug-likeness (QED) is 0.862. The maximum atomic E-state index is 12.8. The second kappa shape index (κ2) is 6.07. The van der Waals surface area contributed by atoms with Crippen LogP contribution in [0.15, 0.2) is 24.0 Å². The van der Waals surface area contributed by atoms with Crippen molar-refractivity contribution in [1.29, 1.82) is 0 Å². The van der Waals surface area contributed by atoms with Crippen molar-refractivity contribution in [2.24, 2.45) is 0 Å². The van der Waals surface area contributed by atoms with Gasteiger partial charge in [-0.2, -0.15) is 0 Å². The summed E-state index contributed by atoms with van der Waals surface area (Å²) in [7, 11) is 0. The molecule has 0 radical (unpaired) electrons. The summed E-state index contributed by atoms with van der Waals surface area (Å²) in [6, 6.07) is 1.90. The van der Waals surface area contributed by atoms with E-state index in [1.54, 1.807) is 17.7 Å². The van der Waals surface area contributed by atoms with E-state index in [4.69, 9.17) is 4.84 Å². The minimum atomic E-state index is -0.250. The lowest BCUT2D eigenvalue weighted by Gasteiger charge is -2.34. The molecular weight excluding hydrogens is 312 g/mol. The monoisotopic (exact) mass is 332 g/mol. The standard InChI is InChI=1S/C16H20N4O2S/c1-12-3-6-23-15(12)10-18-8-13-7-17-11-19(13)14(9-18)16(21)20-4-2-5-22-20/h3,6-7,11,14H,2,4-5,8-10H2,1H3/t14-/m0/s1. The Balaban J connectivity index is 1.56. The number of hydroxylamine groups is 2. The average molecular weight is 332 g/mol. The first-order valence-electron chi connectivity index (χ1n) is 7.92. The second-order valence-corrected chi connectivity index (χ2v) is 7.13. The predicted molar refractivity (Wildman–Crippen MR) is 86.7 cm³/mol. The van der Waals surface area contributed by atoms with Gasteiger partial charge in [-0.3, -0.25) is 14.5 Å². The highest BCUT2D eigenvalue weighted by Crippen LogP contribution is 2.27. The van der Waals surface area contributed by atoms with Crippen LogP contribution in [-0.4, -0.2) is 45.1 Å². The van der Waals surface area contributed by atoms with E-state index in [2.05, 4.69) is 28.3 Å². The van der Waals surface area contributed by atoms with Crippen LogP contribution in [-0.2, 0) is 22.7 Å². The van der Waals surface area contributed by atoms with Crippen LogP contribution in [0.5, 0.6) is 0 Å². The topological polar surface area (TPSA) is 50.6 Å². The molecule has 0 saturated carbocycles. The molecular formula is C16H20N4O2S. The van der Waals surface area contributed by atoms with E-state index < -0.39 is 0 Å². The van der Waals surface area contributed by atoms with Gasteiger partial charge in [-0.05, 0) is 30.4 Å².